The molecule has 1 N–H and O–H groups in total. The molecule has 0 fully saturated rings. The van der Waals surface area contributed by atoms with Gasteiger partial charge in [0.05, 0.1) is 0 Å². The third kappa shape index (κ3) is 7.02. The lowest BCUT2D eigenvalue weighted by Crippen LogP contribution is -2.18. The molecular formula is C3H3F3O4. The predicted octanol–water partition coefficient (Wildman–Crippen LogP) is 1.17. The van der Waals surface area contributed by atoms with Crippen LogP contribution in [0.1, 0.15) is 0 Å². The first kappa shape index (κ1) is 9.02. The van der Waals surface area contributed by atoms with Crippen LogP contribution in [0.4, 0.5) is 18.0 Å². The Bertz CT molecular complexity index is 119. The zero-order valence-electron chi connectivity index (χ0n) is 4.51. The smallest absolute Gasteiger partial charge is 0.448 e. The van der Waals surface area contributed by atoms with E-state index in [1.165, 1.54) is 0 Å². The summed E-state index contributed by atoms with van der Waals surface area (Å²) < 4.78 is 33.3. The van der Waals surface area contributed by atoms with E-state index in [1.54, 1.807) is 0 Å². The first-order valence-electron chi connectivity index (χ1n) is 2.01. The highest BCUT2D eigenvalue weighted by Crippen LogP contribution is 2.14. The van der Waals surface area contributed by atoms with Crippen LogP contribution in [0, 0.1) is 0 Å². The van der Waals surface area contributed by atoms with Crippen molar-refractivity contribution in [3.63, 3.8) is 0 Å². The number of halogens is 3. The molecule has 0 atom stereocenters. The maximum absolute atomic E-state index is 11.1. The Balaban J connectivity index is 3.29. The Morgan fingerprint density at radius 1 is 1.50 bits per heavy atom. The van der Waals surface area contributed by atoms with E-state index >= 15 is 0 Å². The van der Waals surface area contributed by atoms with Crippen LogP contribution in [0.2, 0.25) is 0 Å². The minimum atomic E-state index is -4.57. The fraction of sp³-hybridized carbons (Fsp3) is 0.667. The molecule has 10 heavy (non-hydrogen) atoms. The number of hydrogen-bond acceptors (Lipinski definition) is 3. The molecule has 0 amide bonds. The summed E-state index contributed by atoms with van der Waals surface area (Å²) in [6.07, 6.45) is -6.49. The van der Waals surface area contributed by atoms with Gasteiger partial charge < -0.3 is 5.11 Å². The number of carboxylic acid groups (broad SMARTS) is 1. The Hall–Kier alpha value is -0.980. The van der Waals surface area contributed by atoms with Crippen molar-refractivity contribution in [3.05, 3.63) is 0 Å². The van der Waals surface area contributed by atoms with Crippen LogP contribution in [0.15, 0.2) is 0 Å². The molecule has 0 bridgehead atoms. The van der Waals surface area contributed by atoms with Crippen LogP contribution < -0.4 is 0 Å². The molecule has 0 aromatic rings. The van der Waals surface area contributed by atoms with Crippen LogP contribution in [0.3, 0.4) is 0 Å². The highest BCUT2D eigenvalue weighted by atomic mass is 19.4. The van der Waals surface area contributed by atoms with Gasteiger partial charge in [-0.1, -0.05) is 0 Å². The van der Waals surface area contributed by atoms with Gasteiger partial charge in [-0.15, -0.1) is 0 Å². The largest absolute Gasteiger partial charge is 0.537 e. The van der Waals surface area contributed by atoms with Gasteiger partial charge in [0.25, 0.3) is 0 Å². The van der Waals surface area contributed by atoms with Crippen molar-refractivity contribution in [1.29, 1.82) is 0 Å². The molecule has 60 valence electrons. The van der Waals surface area contributed by atoms with E-state index in [0.717, 1.165) is 0 Å². The first-order valence-corrected chi connectivity index (χ1v) is 2.01. The molecule has 0 aliphatic heterocycles. The average molecular weight is 160 g/mol. The molecule has 0 aromatic heterocycles. The fourth-order valence-corrected chi connectivity index (χ4v) is 0.147. The van der Waals surface area contributed by atoms with E-state index in [0.29, 0.717) is 0 Å². The maximum Gasteiger partial charge on any atom is 0.537 e. The van der Waals surface area contributed by atoms with E-state index in [2.05, 4.69) is 9.78 Å². The lowest BCUT2D eigenvalue weighted by atomic mass is 10.7. The minimum Gasteiger partial charge on any atom is -0.448 e. The standard InChI is InChI=1S/C3H3F3O4/c4-3(5,6)1-9-10-2(7)8/h1H2,(H,7,8). The third-order valence-electron chi connectivity index (χ3n) is 0.353. The Kier molecular flexibility index (Phi) is 2.94. The van der Waals surface area contributed by atoms with Crippen LogP contribution >= 0.6 is 0 Å². The minimum absolute atomic E-state index is 1.74. The lowest BCUT2D eigenvalue weighted by molar-refractivity contribution is -0.308. The molecular weight excluding hydrogens is 157 g/mol. The summed E-state index contributed by atoms with van der Waals surface area (Å²) in [6, 6.07) is 0. The van der Waals surface area contributed by atoms with Crippen molar-refractivity contribution >= 4 is 6.16 Å². The van der Waals surface area contributed by atoms with Crippen molar-refractivity contribution in [3.8, 4) is 0 Å². The molecule has 4 nitrogen and oxygen atoms in total. The van der Waals surface area contributed by atoms with Gasteiger partial charge in [-0.25, -0.2) is 4.79 Å². The van der Waals surface area contributed by atoms with Gasteiger partial charge in [0, 0.05) is 0 Å². The van der Waals surface area contributed by atoms with Gasteiger partial charge in [-0.3, -0.25) is 4.89 Å². The molecule has 0 aromatic carbocycles. The summed E-state index contributed by atoms with van der Waals surface area (Å²) in [5, 5.41) is 7.60. The van der Waals surface area contributed by atoms with Gasteiger partial charge in [0.1, 0.15) is 0 Å². The van der Waals surface area contributed by atoms with Crippen LogP contribution in [-0.2, 0) is 9.78 Å². The summed E-state index contributed by atoms with van der Waals surface area (Å²) in [5.41, 5.74) is 0. The van der Waals surface area contributed by atoms with Gasteiger partial charge in [0.15, 0.2) is 6.61 Å². The van der Waals surface area contributed by atoms with Gasteiger partial charge in [-0.05, 0) is 0 Å². The van der Waals surface area contributed by atoms with E-state index in [1.807, 2.05) is 0 Å². The summed E-state index contributed by atoms with van der Waals surface area (Å²) >= 11 is 0. The van der Waals surface area contributed by atoms with Gasteiger partial charge in [-0.2, -0.15) is 18.1 Å². The van der Waals surface area contributed by atoms with Crippen LogP contribution in [0.25, 0.3) is 0 Å². The second-order valence-electron chi connectivity index (χ2n) is 1.23. The lowest BCUT2D eigenvalue weighted by Gasteiger charge is -2.02. The number of carbonyl (C=O) groups is 1. The SMILES string of the molecule is O=C(O)OOCC(F)(F)F. The zero-order valence-corrected chi connectivity index (χ0v) is 4.51. The van der Waals surface area contributed by atoms with Crippen LogP contribution in [0.5, 0.6) is 0 Å². The molecule has 0 unspecified atom stereocenters. The Morgan fingerprint density at radius 3 is 2.30 bits per heavy atom. The maximum atomic E-state index is 11.1. The molecule has 0 heterocycles. The summed E-state index contributed by atoms with van der Waals surface area (Å²) in [5.74, 6) is 0. The third-order valence-corrected chi connectivity index (χ3v) is 0.353. The molecule has 0 saturated carbocycles. The Morgan fingerprint density at radius 2 is 2.00 bits per heavy atom. The van der Waals surface area contributed by atoms with Gasteiger partial charge >= 0.3 is 12.3 Å². The molecule has 0 spiro atoms. The predicted molar refractivity (Wildman–Crippen MR) is 21.1 cm³/mol. The van der Waals surface area contributed by atoms with Crippen molar-refractivity contribution in [2.45, 2.75) is 6.18 Å². The fourth-order valence-electron chi connectivity index (χ4n) is 0.147. The summed E-state index contributed by atoms with van der Waals surface area (Å²) in [7, 11) is 0. The molecule has 0 aliphatic carbocycles. The van der Waals surface area contributed by atoms with Crippen molar-refractivity contribution in [1.82, 2.24) is 0 Å². The highest BCUT2D eigenvalue weighted by Gasteiger charge is 2.29. The van der Waals surface area contributed by atoms with Crippen molar-refractivity contribution < 1.29 is 32.8 Å². The normalized spacial score (nSPS) is 11.1. The molecule has 0 radical (unpaired) electrons. The van der Waals surface area contributed by atoms with E-state index in [-0.39, 0.29) is 0 Å². The number of hydrogen-bond donors (Lipinski definition) is 1. The van der Waals surface area contributed by atoms with E-state index in [9.17, 15) is 18.0 Å². The van der Waals surface area contributed by atoms with Gasteiger partial charge in [0.2, 0.25) is 0 Å². The second-order valence-corrected chi connectivity index (χ2v) is 1.23. The quantitative estimate of drug-likeness (QED) is 0.486. The molecule has 0 aliphatic rings. The number of alkyl halides is 3. The van der Waals surface area contributed by atoms with E-state index in [4.69, 9.17) is 5.11 Å². The summed E-state index contributed by atoms with van der Waals surface area (Å²) in [6.45, 7) is -1.74. The van der Waals surface area contributed by atoms with Crippen molar-refractivity contribution in [2.24, 2.45) is 0 Å². The first-order chi connectivity index (χ1) is 4.42. The monoisotopic (exact) mass is 160 g/mol. The highest BCUT2D eigenvalue weighted by molar-refractivity contribution is 5.55. The molecule has 0 rings (SSSR count). The summed E-state index contributed by atoms with van der Waals surface area (Å²) in [4.78, 5) is 15.7. The number of rotatable bonds is 2. The van der Waals surface area contributed by atoms with Crippen molar-refractivity contribution in [2.75, 3.05) is 6.61 Å². The average Bonchev–Trinajstić information content (AvgIpc) is 1.59. The second kappa shape index (κ2) is 3.25. The van der Waals surface area contributed by atoms with Crippen LogP contribution in [-0.4, -0.2) is 24.0 Å². The topological polar surface area (TPSA) is 55.8 Å². The molecule has 7 heteroatoms. The Labute approximate surface area is 53.1 Å². The zero-order chi connectivity index (χ0) is 8.20. The van der Waals surface area contributed by atoms with E-state index < -0.39 is 18.9 Å². The molecule has 0 saturated heterocycles.